The van der Waals surface area contributed by atoms with E-state index in [4.69, 9.17) is 15.1 Å². The molecule has 0 radical (unpaired) electrons. The largest absolute Gasteiger partial charge is 0.481 e. The average molecular weight is 278 g/mol. The zero-order valence-electron chi connectivity index (χ0n) is 11.0. The van der Waals surface area contributed by atoms with Crippen molar-refractivity contribution < 1.29 is 19.0 Å². The van der Waals surface area contributed by atoms with Gasteiger partial charge in [-0.15, -0.1) is 0 Å². The van der Waals surface area contributed by atoms with E-state index in [0.29, 0.717) is 12.2 Å². The van der Waals surface area contributed by atoms with Crippen molar-refractivity contribution in [3.8, 4) is 6.07 Å². The first-order chi connectivity index (χ1) is 9.52. The summed E-state index contributed by atoms with van der Waals surface area (Å²) in [5, 5.41) is 17.8. The highest BCUT2D eigenvalue weighted by atomic mass is 19.1. The summed E-state index contributed by atoms with van der Waals surface area (Å²) in [6, 6.07) is 5.88. The third-order valence-electron chi connectivity index (χ3n) is 3.54. The van der Waals surface area contributed by atoms with Gasteiger partial charge in [-0.25, -0.2) is 4.39 Å². The van der Waals surface area contributed by atoms with Crippen LogP contribution in [0.25, 0.3) is 0 Å². The summed E-state index contributed by atoms with van der Waals surface area (Å²) >= 11 is 0. The molecule has 1 saturated heterocycles. The van der Waals surface area contributed by atoms with Crippen LogP contribution >= 0.6 is 0 Å². The standard InChI is InChI=1S/C14H15FN2O3/c1-17(13-8-20-7-11(13)14(18)19)6-10-3-2-9(5-16)4-12(10)15/h2-4,11,13H,6-8H2,1H3,(H,18,19). The van der Waals surface area contributed by atoms with Gasteiger partial charge in [0.15, 0.2) is 0 Å². The van der Waals surface area contributed by atoms with E-state index in [1.165, 1.54) is 6.07 Å². The third kappa shape index (κ3) is 2.95. The topological polar surface area (TPSA) is 73.6 Å². The van der Waals surface area contributed by atoms with Crippen LogP contribution in [0, 0.1) is 23.1 Å². The van der Waals surface area contributed by atoms with Crippen LogP contribution in [0.15, 0.2) is 18.2 Å². The number of rotatable bonds is 4. The van der Waals surface area contributed by atoms with E-state index in [2.05, 4.69) is 0 Å². The van der Waals surface area contributed by atoms with E-state index in [-0.39, 0.29) is 24.8 Å². The van der Waals surface area contributed by atoms with E-state index in [1.54, 1.807) is 24.1 Å². The molecule has 1 aromatic carbocycles. The summed E-state index contributed by atoms with van der Waals surface area (Å²) in [6.07, 6.45) is 0. The molecule has 1 aliphatic rings. The van der Waals surface area contributed by atoms with Gasteiger partial charge in [-0.3, -0.25) is 9.69 Å². The molecule has 106 valence electrons. The number of carboxylic acids is 1. The normalized spacial score (nSPS) is 21.9. The van der Waals surface area contributed by atoms with Crippen molar-refractivity contribution >= 4 is 5.97 Å². The van der Waals surface area contributed by atoms with Gasteiger partial charge >= 0.3 is 5.97 Å². The zero-order valence-corrected chi connectivity index (χ0v) is 11.0. The number of benzene rings is 1. The zero-order chi connectivity index (χ0) is 14.7. The van der Waals surface area contributed by atoms with Gasteiger partial charge < -0.3 is 9.84 Å². The second-order valence-electron chi connectivity index (χ2n) is 4.88. The first-order valence-corrected chi connectivity index (χ1v) is 6.22. The van der Waals surface area contributed by atoms with Crippen molar-refractivity contribution in [3.63, 3.8) is 0 Å². The van der Waals surface area contributed by atoms with Crippen molar-refractivity contribution in [2.75, 3.05) is 20.3 Å². The second kappa shape index (κ2) is 5.99. The molecule has 0 spiro atoms. The third-order valence-corrected chi connectivity index (χ3v) is 3.54. The molecule has 1 N–H and O–H groups in total. The molecule has 1 aliphatic heterocycles. The Bertz CT molecular complexity index is 556. The number of nitriles is 1. The molecule has 1 heterocycles. The van der Waals surface area contributed by atoms with E-state index >= 15 is 0 Å². The fourth-order valence-corrected chi connectivity index (χ4v) is 2.34. The van der Waals surface area contributed by atoms with Gasteiger partial charge in [0.05, 0.1) is 30.8 Å². The van der Waals surface area contributed by atoms with E-state index in [9.17, 15) is 9.18 Å². The fraction of sp³-hybridized carbons (Fsp3) is 0.429. The summed E-state index contributed by atoms with van der Waals surface area (Å²) in [4.78, 5) is 12.9. The van der Waals surface area contributed by atoms with Crippen LogP contribution in [-0.2, 0) is 16.1 Å². The molecule has 2 atom stereocenters. The first-order valence-electron chi connectivity index (χ1n) is 6.22. The summed E-state index contributed by atoms with van der Waals surface area (Å²) in [5.74, 6) is -1.96. The van der Waals surface area contributed by atoms with Crippen LogP contribution in [0.5, 0.6) is 0 Å². The Morgan fingerprint density at radius 2 is 2.35 bits per heavy atom. The molecule has 0 saturated carbocycles. The predicted octanol–water partition coefficient (Wildman–Crippen LogP) is 1.23. The fourth-order valence-electron chi connectivity index (χ4n) is 2.34. The Kier molecular flexibility index (Phi) is 4.32. The maximum absolute atomic E-state index is 13.8. The van der Waals surface area contributed by atoms with Gasteiger partial charge in [0.25, 0.3) is 0 Å². The molecule has 2 unspecified atom stereocenters. The van der Waals surface area contributed by atoms with Crippen molar-refractivity contribution in [1.29, 1.82) is 5.26 Å². The SMILES string of the molecule is CN(Cc1ccc(C#N)cc1F)C1COCC1C(=O)O. The Hall–Kier alpha value is -1.97. The minimum absolute atomic E-state index is 0.181. The lowest BCUT2D eigenvalue weighted by Crippen LogP contribution is -2.40. The molecular formula is C14H15FN2O3. The lowest BCUT2D eigenvalue weighted by Gasteiger charge is -2.26. The average Bonchev–Trinajstić information content (AvgIpc) is 2.90. The van der Waals surface area contributed by atoms with Crippen LogP contribution in [0.3, 0.4) is 0 Å². The van der Waals surface area contributed by atoms with Gasteiger partial charge in [-0.2, -0.15) is 5.26 Å². The second-order valence-corrected chi connectivity index (χ2v) is 4.88. The van der Waals surface area contributed by atoms with Gasteiger partial charge in [-0.05, 0) is 19.2 Å². The lowest BCUT2D eigenvalue weighted by molar-refractivity contribution is -0.143. The molecule has 0 aliphatic carbocycles. The Morgan fingerprint density at radius 3 is 2.95 bits per heavy atom. The predicted molar refractivity (Wildman–Crippen MR) is 68.3 cm³/mol. The smallest absolute Gasteiger partial charge is 0.310 e. The number of halogens is 1. The highest BCUT2D eigenvalue weighted by Gasteiger charge is 2.36. The lowest BCUT2D eigenvalue weighted by atomic mass is 10.0. The molecule has 0 amide bonds. The van der Waals surface area contributed by atoms with Crippen LogP contribution in [0.1, 0.15) is 11.1 Å². The highest BCUT2D eigenvalue weighted by molar-refractivity contribution is 5.71. The van der Waals surface area contributed by atoms with Crippen LogP contribution in [0.4, 0.5) is 4.39 Å². The van der Waals surface area contributed by atoms with Crippen LogP contribution in [0.2, 0.25) is 0 Å². The van der Waals surface area contributed by atoms with E-state index < -0.39 is 17.7 Å². The molecule has 1 aromatic rings. The molecule has 6 heteroatoms. The summed E-state index contributed by atoms with van der Waals surface area (Å²) in [7, 11) is 1.74. The van der Waals surface area contributed by atoms with Crippen LogP contribution in [-0.4, -0.2) is 42.3 Å². The Labute approximate surface area is 116 Å². The quantitative estimate of drug-likeness (QED) is 0.896. The number of carboxylic acid groups (broad SMARTS) is 1. The van der Waals surface area contributed by atoms with Crippen molar-refractivity contribution in [1.82, 2.24) is 4.90 Å². The molecule has 5 nitrogen and oxygen atoms in total. The van der Waals surface area contributed by atoms with Gasteiger partial charge in [0.2, 0.25) is 0 Å². The van der Waals surface area contributed by atoms with Gasteiger partial charge in [0, 0.05) is 18.2 Å². The Balaban J connectivity index is 2.10. The monoisotopic (exact) mass is 278 g/mol. The number of carbonyl (C=O) groups is 1. The molecule has 20 heavy (non-hydrogen) atoms. The maximum atomic E-state index is 13.8. The summed E-state index contributed by atoms with van der Waals surface area (Å²) in [5.41, 5.74) is 0.698. The van der Waals surface area contributed by atoms with Crippen molar-refractivity contribution in [3.05, 3.63) is 35.1 Å². The number of nitrogens with zero attached hydrogens (tertiary/aromatic N) is 2. The number of ether oxygens (including phenoxy) is 1. The molecule has 2 rings (SSSR count). The van der Waals surface area contributed by atoms with E-state index in [1.807, 2.05) is 6.07 Å². The van der Waals surface area contributed by atoms with Crippen molar-refractivity contribution in [2.45, 2.75) is 12.6 Å². The minimum Gasteiger partial charge on any atom is -0.481 e. The molecular weight excluding hydrogens is 263 g/mol. The highest BCUT2D eigenvalue weighted by Crippen LogP contribution is 2.21. The minimum atomic E-state index is -0.903. The van der Waals surface area contributed by atoms with Crippen molar-refractivity contribution in [2.24, 2.45) is 5.92 Å². The maximum Gasteiger partial charge on any atom is 0.310 e. The number of aliphatic carboxylic acids is 1. The number of hydrogen-bond donors (Lipinski definition) is 1. The van der Waals surface area contributed by atoms with E-state index in [0.717, 1.165) is 0 Å². The number of likely N-dealkylation sites (N-methyl/N-ethyl adjacent to an activating group) is 1. The molecule has 0 aromatic heterocycles. The van der Waals surface area contributed by atoms with Gasteiger partial charge in [-0.1, -0.05) is 6.07 Å². The Morgan fingerprint density at radius 1 is 1.60 bits per heavy atom. The first kappa shape index (κ1) is 14.4. The van der Waals surface area contributed by atoms with Crippen LogP contribution < -0.4 is 0 Å². The van der Waals surface area contributed by atoms with Gasteiger partial charge in [0.1, 0.15) is 5.82 Å². The molecule has 1 fully saturated rings. The number of hydrogen-bond acceptors (Lipinski definition) is 4. The molecule has 0 bridgehead atoms. The summed E-state index contributed by atoms with van der Waals surface area (Å²) in [6.45, 7) is 0.779. The summed E-state index contributed by atoms with van der Waals surface area (Å²) < 4.78 is 19.0.